The summed E-state index contributed by atoms with van der Waals surface area (Å²) in [4.78, 5) is 38.1. The number of piperazine rings is 1. The van der Waals surface area contributed by atoms with Gasteiger partial charge in [0.05, 0.1) is 18.1 Å². The van der Waals surface area contributed by atoms with Crippen LogP contribution in [0.2, 0.25) is 0 Å². The molecule has 2 aliphatic heterocycles. The second-order valence-electron chi connectivity index (χ2n) is 6.31. The summed E-state index contributed by atoms with van der Waals surface area (Å²) in [6.45, 7) is 0.0313. The van der Waals surface area contributed by atoms with Crippen LogP contribution in [0.5, 0.6) is 0 Å². The molecule has 24 heavy (non-hydrogen) atoms. The predicted octanol–water partition coefficient (Wildman–Crippen LogP) is -0.458. The van der Waals surface area contributed by atoms with Gasteiger partial charge < -0.3 is 15.7 Å². The van der Waals surface area contributed by atoms with Gasteiger partial charge in [0.15, 0.2) is 5.78 Å². The monoisotopic (exact) mass is 331 g/mol. The number of hydrogen-bond acceptors (Lipinski definition) is 5. The number of carboxylic acids is 1. The second-order valence-corrected chi connectivity index (χ2v) is 6.31. The third-order valence-electron chi connectivity index (χ3n) is 4.84. The number of carbonyl (C=O) groups is 3. The third kappa shape index (κ3) is 2.92. The molecular formula is C17H21N3O4. The number of aliphatic carboxylic acids is 1. The average Bonchev–Trinajstić information content (AvgIpc) is 3.02. The molecule has 7 nitrogen and oxygen atoms in total. The van der Waals surface area contributed by atoms with Gasteiger partial charge in [0.1, 0.15) is 6.04 Å². The zero-order valence-electron chi connectivity index (χ0n) is 13.2. The van der Waals surface area contributed by atoms with Crippen molar-refractivity contribution in [2.75, 3.05) is 6.54 Å². The Morgan fingerprint density at radius 1 is 1.25 bits per heavy atom. The van der Waals surface area contributed by atoms with Crippen LogP contribution in [0.3, 0.4) is 0 Å². The van der Waals surface area contributed by atoms with Crippen molar-refractivity contribution in [2.45, 2.75) is 43.4 Å². The number of nitrogens with two attached hydrogens (primary N) is 1. The molecule has 0 aromatic heterocycles. The van der Waals surface area contributed by atoms with E-state index in [-0.39, 0.29) is 24.7 Å². The first-order chi connectivity index (χ1) is 11.5. The van der Waals surface area contributed by atoms with E-state index in [0.717, 1.165) is 5.56 Å². The average molecular weight is 331 g/mol. The van der Waals surface area contributed by atoms with E-state index in [0.29, 0.717) is 12.8 Å². The Kier molecular flexibility index (Phi) is 4.64. The molecule has 0 radical (unpaired) electrons. The number of nitrogens with zero attached hydrogens (tertiary/aromatic N) is 1. The third-order valence-corrected chi connectivity index (χ3v) is 4.84. The van der Waals surface area contributed by atoms with Gasteiger partial charge in [-0.15, -0.1) is 0 Å². The molecule has 2 fully saturated rings. The van der Waals surface area contributed by atoms with Gasteiger partial charge in [0.2, 0.25) is 5.91 Å². The van der Waals surface area contributed by atoms with Crippen LogP contribution in [-0.2, 0) is 20.8 Å². The van der Waals surface area contributed by atoms with Crippen LogP contribution in [0.25, 0.3) is 0 Å². The number of nitrogens with one attached hydrogen (secondary N) is 1. The lowest BCUT2D eigenvalue weighted by Gasteiger charge is -2.42. The summed E-state index contributed by atoms with van der Waals surface area (Å²) in [5, 5.41) is 12.4. The van der Waals surface area contributed by atoms with Crippen LogP contribution in [-0.4, -0.2) is 58.4 Å². The Morgan fingerprint density at radius 2 is 1.96 bits per heavy atom. The molecule has 7 heteroatoms. The van der Waals surface area contributed by atoms with Crippen molar-refractivity contribution in [3.05, 3.63) is 35.9 Å². The maximum Gasteiger partial charge on any atom is 0.326 e. The van der Waals surface area contributed by atoms with Gasteiger partial charge >= 0.3 is 5.97 Å². The zero-order chi connectivity index (χ0) is 17.3. The van der Waals surface area contributed by atoms with E-state index in [1.165, 1.54) is 4.90 Å². The number of fused-ring (bicyclic) bond motifs is 1. The van der Waals surface area contributed by atoms with Crippen molar-refractivity contribution in [1.82, 2.24) is 10.2 Å². The van der Waals surface area contributed by atoms with Crippen LogP contribution < -0.4 is 11.1 Å². The molecule has 4 N–H and O–H groups in total. The van der Waals surface area contributed by atoms with Crippen LogP contribution in [0, 0.1) is 0 Å². The SMILES string of the molecule is NCC1NC(C(=O)Cc2ccccc2)C2CCC(C(=O)O)N2C1=O. The highest BCUT2D eigenvalue weighted by molar-refractivity contribution is 5.94. The molecule has 1 aromatic rings. The summed E-state index contributed by atoms with van der Waals surface area (Å²) in [7, 11) is 0. The predicted molar refractivity (Wildman–Crippen MR) is 86.2 cm³/mol. The van der Waals surface area contributed by atoms with E-state index in [2.05, 4.69) is 5.32 Å². The number of hydrogen-bond donors (Lipinski definition) is 3. The Bertz CT molecular complexity index is 648. The minimum atomic E-state index is -1.03. The molecule has 2 saturated heterocycles. The molecule has 0 bridgehead atoms. The van der Waals surface area contributed by atoms with Crippen LogP contribution >= 0.6 is 0 Å². The number of amides is 1. The summed E-state index contributed by atoms with van der Waals surface area (Å²) < 4.78 is 0. The summed E-state index contributed by atoms with van der Waals surface area (Å²) >= 11 is 0. The lowest BCUT2D eigenvalue weighted by atomic mass is 9.93. The molecule has 0 aliphatic carbocycles. The number of ketones is 1. The van der Waals surface area contributed by atoms with Crippen molar-refractivity contribution in [2.24, 2.45) is 5.73 Å². The first kappa shape index (κ1) is 16.6. The molecule has 0 saturated carbocycles. The first-order valence-corrected chi connectivity index (χ1v) is 8.10. The van der Waals surface area contributed by atoms with Crippen LogP contribution in [0.4, 0.5) is 0 Å². The van der Waals surface area contributed by atoms with Gasteiger partial charge in [-0.25, -0.2) is 4.79 Å². The Hall–Kier alpha value is -2.25. The quantitative estimate of drug-likeness (QED) is 0.673. The van der Waals surface area contributed by atoms with Gasteiger partial charge in [-0.1, -0.05) is 30.3 Å². The smallest absolute Gasteiger partial charge is 0.326 e. The number of rotatable bonds is 5. The van der Waals surface area contributed by atoms with E-state index in [1.54, 1.807) is 0 Å². The highest BCUT2D eigenvalue weighted by atomic mass is 16.4. The molecule has 4 atom stereocenters. The molecule has 1 amide bonds. The van der Waals surface area contributed by atoms with Crippen molar-refractivity contribution in [3.63, 3.8) is 0 Å². The summed E-state index contributed by atoms with van der Waals surface area (Å²) in [5.41, 5.74) is 6.54. The molecule has 2 heterocycles. The Balaban J connectivity index is 1.83. The van der Waals surface area contributed by atoms with E-state index >= 15 is 0 Å². The van der Waals surface area contributed by atoms with Crippen LogP contribution in [0.1, 0.15) is 18.4 Å². The van der Waals surface area contributed by atoms with Gasteiger partial charge in [-0.2, -0.15) is 0 Å². The van der Waals surface area contributed by atoms with Gasteiger partial charge in [0, 0.05) is 13.0 Å². The number of benzene rings is 1. The molecule has 2 aliphatic rings. The van der Waals surface area contributed by atoms with Crippen molar-refractivity contribution in [3.8, 4) is 0 Å². The number of carbonyl (C=O) groups excluding carboxylic acids is 2. The molecule has 1 aromatic carbocycles. The highest BCUT2D eigenvalue weighted by Gasteiger charge is 2.51. The highest BCUT2D eigenvalue weighted by Crippen LogP contribution is 2.31. The van der Waals surface area contributed by atoms with Crippen molar-refractivity contribution < 1.29 is 19.5 Å². The molecule has 128 valence electrons. The lowest BCUT2D eigenvalue weighted by Crippen LogP contribution is -2.69. The maximum absolute atomic E-state index is 12.8. The van der Waals surface area contributed by atoms with Gasteiger partial charge in [-0.05, 0) is 18.4 Å². The Morgan fingerprint density at radius 3 is 2.58 bits per heavy atom. The van der Waals surface area contributed by atoms with E-state index in [9.17, 15) is 19.5 Å². The summed E-state index contributed by atoms with van der Waals surface area (Å²) in [6, 6.07) is 6.77. The molecule has 4 unspecified atom stereocenters. The fraction of sp³-hybridized carbons (Fsp3) is 0.471. The molecule has 0 spiro atoms. The molecule has 3 rings (SSSR count). The van der Waals surface area contributed by atoms with E-state index < -0.39 is 30.1 Å². The minimum absolute atomic E-state index is 0.0313. The summed E-state index contributed by atoms with van der Waals surface area (Å²) in [5.74, 6) is -1.40. The van der Waals surface area contributed by atoms with Gasteiger partial charge in [0.25, 0.3) is 0 Å². The van der Waals surface area contributed by atoms with Gasteiger partial charge in [-0.3, -0.25) is 14.9 Å². The standard InChI is InChI=1S/C17H21N3O4/c18-9-11-16(22)20-12(6-7-13(20)17(23)24)15(19-11)14(21)8-10-4-2-1-3-5-10/h1-5,11-13,15,19H,6-9,18H2,(H,23,24). The van der Waals surface area contributed by atoms with Crippen molar-refractivity contribution in [1.29, 1.82) is 0 Å². The lowest BCUT2D eigenvalue weighted by molar-refractivity contribution is -0.154. The normalized spacial score (nSPS) is 29.4. The maximum atomic E-state index is 12.8. The second kappa shape index (κ2) is 6.70. The fourth-order valence-corrected chi connectivity index (χ4v) is 3.69. The zero-order valence-corrected chi connectivity index (χ0v) is 13.2. The summed E-state index contributed by atoms with van der Waals surface area (Å²) in [6.07, 6.45) is 1.10. The van der Waals surface area contributed by atoms with E-state index in [1.807, 2.05) is 30.3 Å². The topological polar surface area (TPSA) is 113 Å². The fourth-order valence-electron chi connectivity index (χ4n) is 3.69. The Labute approximate surface area is 139 Å². The van der Waals surface area contributed by atoms with Crippen molar-refractivity contribution >= 4 is 17.7 Å². The number of Topliss-reactive ketones (excluding diaryl/α,β-unsaturated/α-hetero) is 1. The van der Waals surface area contributed by atoms with E-state index in [4.69, 9.17) is 5.73 Å². The minimum Gasteiger partial charge on any atom is -0.480 e. The van der Waals surface area contributed by atoms with Crippen LogP contribution in [0.15, 0.2) is 30.3 Å². The largest absolute Gasteiger partial charge is 0.480 e. The number of carboxylic acid groups (broad SMARTS) is 1. The molecular weight excluding hydrogens is 310 g/mol. The first-order valence-electron chi connectivity index (χ1n) is 8.10.